The summed E-state index contributed by atoms with van der Waals surface area (Å²) in [4.78, 5) is 0. The lowest BCUT2D eigenvalue weighted by atomic mass is 10.0. The monoisotopic (exact) mass is 317 g/mol. The molecule has 0 aromatic heterocycles. The van der Waals surface area contributed by atoms with Gasteiger partial charge in [-0.1, -0.05) is 41.6 Å². The van der Waals surface area contributed by atoms with Crippen LogP contribution in [0.25, 0.3) is 10.8 Å². The molecule has 0 N–H and O–H groups in total. The zero-order valence-electron chi connectivity index (χ0n) is 10.8. The number of benzene rings is 2. The highest BCUT2D eigenvalue weighted by Gasteiger charge is 2.38. The molecule has 8 heteroatoms. The van der Waals surface area contributed by atoms with Crippen molar-refractivity contribution in [1.29, 1.82) is 0 Å². The summed E-state index contributed by atoms with van der Waals surface area (Å²) >= 11 is 0. The average Bonchev–Trinajstić information content (AvgIpc) is 2.35. The van der Waals surface area contributed by atoms with Crippen LogP contribution in [0.2, 0.25) is 0 Å². The third-order valence-electron chi connectivity index (χ3n) is 2.56. The van der Waals surface area contributed by atoms with Crippen molar-refractivity contribution in [1.82, 2.24) is 0 Å². The van der Waals surface area contributed by atoms with Gasteiger partial charge in [0.2, 0.25) is 0 Å². The first-order chi connectivity index (χ1) is 9.67. The van der Waals surface area contributed by atoms with E-state index < -0.39 is 22.0 Å². The highest BCUT2D eigenvalue weighted by molar-refractivity contribution is 7.85. The second-order valence-corrected chi connectivity index (χ2v) is 5.84. The first kappa shape index (κ1) is 15.3. The van der Waals surface area contributed by atoms with Crippen LogP contribution in [0.5, 0.6) is 0 Å². The van der Waals surface area contributed by atoms with Gasteiger partial charge in [0.15, 0.2) is 5.71 Å². The lowest BCUT2D eigenvalue weighted by molar-refractivity contribution is -0.0596. The van der Waals surface area contributed by atoms with Crippen LogP contribution in [0, 0.1) is 0 Å². The number of alkyl halides is 3. The molecule has 2 aromatic rings. The number of fused-ring (bicyclic) bond motifs is 1. The van der Waals surface area contributed by atoms with Gasteiger partial charge in [0, 0.05) is 5.56 Å². The molecule has 0 saturated carbocycles. The van der Waals surface area contributed by atoms with Crippen molar-refractivity contribution in [3.63, 3.8) is 0 Å². The summed E-state index contributed by atoms with van der Waals surface area (Å²) in [6.07, 6.45) is -4.22. The quantitative estimate of drug-likeness (QED) is 0.646. The van der Waals surface area contributed by atoms with Crippen LogP contribution < -0.4 is 0 Å². The number of hydrogen-bond donors (Lipinski definition) is 0. The Hall–Kier alpha value is -2.09. The molecular weight excluding hydrogens is 307 g/mol. The fraction of sp³-hybridized carbons (Fsp3) is 0.154. The highest BCUT2D eigenvalue weighted by atomic mass is 32.2. The molecule has 2 aromatic carbocycles. The van der Waals surface area contributed by atoms with Gasteiger partial charge >= 0.3 is 16.3 Å². The molecule has 0 unspecified atom stereocenters. The molecule has 0 heterocycles. The molecule has 0 bridgehead atoms. The minimum Gasteiger partial charge on any atom is -0.268 e. The standard InChI is InChI=1S/C13H10F3NO3S/c1-21(18,19)20-17-12(13(14,15)16)11-7-6-9-4-2-3-5-10(9)8-11/h2-8H,1H3/b17-12-. The van der Waals surface area contributed by atoms with Gasteiger partial charge in [-0.15, -0.1) is 0 Å². The molecule has 4 nitrogen and oxygen atoms in total. The maximum absolute atomic E-state index is 13.0. The van der Waals surface area contributed by atoms with E-state index in [9.17, 15) is 21.6 Å². The lowest BCUT2D eigenvalue weighted by Gasteiger charge is -2.10. The molecule has 0 radical (unpaired) electrons. The van der Waals surface area contributed by atoms with Crippen LogP contribution in [0.15, 0.2) is 47.6 Å². The molecule has 0 saturated heterocycles. The molecule has 0 fully saturated rings. The van der Waals surface area contributed by atoms with Gasteiger partial charge in [-0.05, 0) is 16.8 Å². The largest absolute Gasteiger partial charge is 0.437 e. The topological polar surface area (TPSA) is 55.7 Å². The van der Waals surface area contributed by atoms with E-state index in [1.54, 1.807) is 24.3 Å². The summed E-state index contributed by atoms with van der Waals surface area (Å²) < 4.78 is 64.5. The predicted molar refractivity (Wildman–Crippen MR) is 72.5 cm³/mol. The minimum absolute atomic E-state index is 0.273. The van der Waals surface area contributed by atoms with Gasteiger partial charge < -0.3 is 0 Å². The fourth-order valence-electron chi connectivity index (χ4n) is 1.71. The van der Waals surface area contributed by atoms with Gasteiger partial charge in [0.05, 0.1) is 6.26 Å². The molecule has 0 aliphatic carbocycles. The Kier molecular flexibility index (Phi) is 3.91. The van der Waals surface area contributed by atoms with E-state index in [1.165, 1.54) is 18.2 Å². The zero-order valence-corrected chi connectivity index (χ0v) is 11.6. The smallest absolute Gasteiger partial charge is 0.268 e. The Balaban J connectivity index is 2.53. The van der Waals surface area contributed by atoms with E-state index in [0.717, 1.165) is 5.39 Å². The predicted octanol–water partition coefficient (Wildman–Crippen LogP) is 3.08. The second kappa shape index (κ2) is 5.36. The average molecular weight is 317 g/mol. The van der Waals surface area contributed by atoms with E-state index in [2.05, 4.69) is 9.44 Å². The van der Waals surface area contributed by atoms with E-state index in [-0.39, 0.29) is 5.56 Å². The Morgan fingerprint density at radius 2 is 1.71 bits per heavy atom. The van der Waals surface area contributed by atoms with Crippen molar-refractivity contribution < 1.29 is 25.9 Å². The van der Waals surface area contributed by atoms with Gasteiger partial charge in [0.1, 0.15) is 0 Å². The number of oxime groups is 1. The van der Waals surface area contributed by atoms with Crippen LogP contribution in [-0.2, 0) is 14.4 Å². The summed E-state index contributed by atoms with van der Waals surface area (Å²) in [6, 6.07) is 10.8. The van der Waals surface area contributed by atoms with Gasteiger partial charge in [-0.25, -0.2) is 0 Å². The third kappa shape index (κ3) is 3.94. The SMILES string of the molecule is CS(=O)(=O)O/N=C(/c1ccc2ccccc2c1)C(F)(F)F. The van der Waals surface area contributed by atoms with Crippen molar-refractivity contribution in [2.24, 2.45) is 5.16 Å². The minimum atomic E-state index is -4.84. The van der Waals surface area contributed by atoms with Crippen molar-refractivity contribution in [3.8, 4) is 0 Å². The van der Waals surface area contributed by atoms with E-state index >= 15 is 0 Å². The molecule has 112 valence electrons. The number of rotatable bonds is 3. The third-order valence-corrected chi connectivity index (χ3v) is 2.90. The summed E-state index contributed by atoms with van der Waals surface area (Å²) in [5.41, 5.74) is -1.68. The van der Waals surface area contributed by atoms with E-state index in [4.69, 9.17) is 0 Å². The van der Waals surface area contributed by atoms with Crippen LogP contribution in [0.4, 0.5) is 13.2 Å². The molecule has 21 heavy (non-hydrogen) atoms. The Labute approximate surface area is 119 Å². The zero-order chi connectivity index (χ0) is 15.7. The molecular formula is C13H10F3NO3S. The van der Waals surface area contributed by atoms with Gasteiger partial charge in [-0.3, -0.25) is 4.28 Å². The second-order valence-electron chi connectivity index (χ2n) is 4.28. The Morgan fingerprint density at radius 1 is 1.10 bits per heavy atom. The van der Waals surface area contributed by atoms with Crippen LogP contribution in [0.1, 0.15) is 5.56 Å². The van der Waals surface area contributed by atoms with Crippen molar-refractivity contribution in [2.75, 3.05) is 6.26 Å². The first-order valence-corrected chi connectivity index (χ1v) is 7.51. The first-order valence-electron chi connectivity index (χ1n) is 5.70. The van der Waals surface area contributed by atoms with Crippen LogP contribution in [0.3, 0.4) is 0 Å². The number of halogens is 3. The van der Waals surface area contributed by atoms with Crippen molar-refractivity contribution in [3.05, 3.63) is 48.0 Å². The normalized spacial score (nSPS) is 13.4. The summed E-state index contributed by atoms with van der Waals surface area (Å²) in [5.74, 6) is 0. The molecule has 0 amide bonds. The van der Waals surface area contributed by atoms with Crippen LogP contribution >= 0.6 is 0 Å². The summed E-state index contributed by atoms with van der Waals surface area (Å²) in [6.45, 7) is 0. The fourth-order valence-corrected chi connectivity index (χ4v) is 1.92. The molecule has 0 atom stereocenters. The van der Waals surface area contributed by atoms with Crippen molar-refractivity contribution in [2.45, 2.75) is 6.18 Å². The molecule has 0 aliphatic heterocycles. The molecule has 0 aliphatic rings. The van der Waals surface area contributed by atoms with Gasteiger partial charge in [-0.2, -0.15) is 21.6 Å². The Morgan fingerprint density at radius 3 is 2.29 bits per heavy atom. The van der Waals surface area contributed by atoms with Crippen molar-refractivity contribution >= 4 is 26.6 Å². The number of hydrogen-bond acceptors (Lipinski definition) is 4. The molecule has 2 rings (SSSR count). The summed E-state index contributed by atoms with van der Waals surface area (Å²) in [5, 5.41) is 4.08. The maximum Gasteiger partial charge on any atom is 0.437 e. The molecule has 0 spiro atoms. The summed E-state index contributed by atoms with van der Waals surface area (Å²) in [7, 11) is -4.12. The van der Waals surface area contributed by atoms with E-state index in [1.807, 2.05) is 0 Å². The Bertz CT molecular complexity index is 798. The maximum atomic E-state index is 13.0. The van der Waals surface area contributed by atoms with E-state index in [0.29, 0.717) is 11.6 Å². The number of nitrogens with zero attached hydrogens (tertiary/aromatic N) is 1. The van der Waals surface area contributed by atoms with Crippen LogP contribution in [-0.4, -0.2) is 26.6 Å². The highest BCUT2D eigenvalue weighted by Crippen LogP contribution is 2.25. The van der Waals surface area contributed by atoms with Gasteiger partial charge in [0.25, 0.3) is 0 Å². The lowest BCUT2D eigenvalue weighted by Crippen LogP contribution is -2.24.